The second-order valence-corrected chi connectivity index (χ2v) is 9.28. The molecule has 0 aromatic heterocycles. The fourth-order valence-corrected chi connectivity index (χ4v) is 4.80. The Labute approximate surface area is 189 Å². The van der Waals surface area contributed by atoms with Crippen LogP contribution in [-0.4, -0.2) is 23.5 Å². The van der Waals surface area contributed by atoms with Crippen LogP contribution in [-0.2, 0) is 14.4 Å². The molecule has 0 spiro atoms. The molecule has 4 heteroatoms. The summed E-state index contributed by atoms with van der Waals surface area (Å²) in [4.78, 5) is 39.7. The minimum absolute atomic E-state index is 0.119. The Bertz CT molecular complexity index is 408. The Hall–Kier alpha value is -0.560. The molecule has 0 fully saturated rings. The Kier molecular flexibility index (Phi) is 18.8. The molecule has 0 aliphatic carbocycles. The zero-order valence-corrected chi connectivity index (χ0v) is 21.4. The summed E-state index contributed by atoms with van der Waals surface area (Å²) in [5, 5.41) is 0. The lowest BCUT2D eigenvalue weighted by Gasteiger charge is -2.29. The van der Waals surface area contributed by atoms with Crippen LogP contribution in [0.5, 0.6) is 0 Å². The molecule has 0 rings (SSSR count). The average Bonchev–Trinajstić information content (AvgIpc) is 2.74. The first-order chi connectivity index (χ1) is 14.5. The van der Waals surface area contributed by atoms with Crippen LogP contribution in [0.2, 0.25) is 0 Å². The number of hydrogen-bond donors (Lipinski definition) is 0. The van der Waals surface area contributed by atoms with Gasteiger partial charge in [0.1, 0.15) is 5.41 Å². The number of carbonyl (C=O) groups is 3. The molecule has 0 bridgehead atoms. The van der Waals surface area contributed by atoms with Gasteiger partial charge in [-0.25, -0.2) is 0 Å². The maximum atomic E-state index is 13.2. The first-order valence-corrected chi connectivity index (χ1v) is 13.6. The highest BCUT2D eigenvalue weighted by Crippen LogP contribution is 2.32. The Balaban J connectivity index is 5.05. The number of carbonyl (C=O) groups excluding carboxylic acids is 3. The van der Waals surface area contributed by atoms with Crippen molar-refractivity contribution in [2.75, 3.05) is 6.16 Å². The average molecular weight is 441 g/mol. The van der Waals surface area contributed by atoms with Crippen molar-refractivity contribution in [1.82, 2.24) is 0 Å². The molecule has 0 radical (unpaired) electrons. The molecule has 176 valence electrons. The van der Waals surface area contributed by atoms with E-state index in [1.807, 2.05) is 0 Å². The van der Waals surface area contributed by atoms with Gasteiger partial charge in [-0.15, -0.1) is 9.24 Å². The maximum Gasteiger partial charge on any atom is 0.154 e. The minimum atomic E-state index is -1.40. The third kappa shape index (κ3) is 11.2. The van der Waals surface area contributed by atoms with Crippen molar-refractivity contribution in [3.05, 3.63) is 0 Å². The molecule has 0 N–H and O–H groups in total. The Morgan fingerprint density at radius 2 is 0.767 bits per heavy atom. The predicted octanol–water partition coefficient (Wildman–Crippen LogP) is 7.64. The first-order valence-electron chi connectivity index (χ1n) is 12.8. The maximum absolute atomic E-state index is 13.2. The van der Waals surface area contributed by atoms with Crippen molar-refractivity contribution < 1.29 is 14.4 Å². The molecule has 0 aliphatic heterocycles. The third-order valence-electron chi connectivity index (χ3n) is 6.26. The molecular weight excluding hydrogens is 391 g/mol. The van der Waals surface area contributed by atoms with E-state index in [0.717, 1.165) is 77.0 Å². The van der Waals surface area contributed by atoms with Crippen molar-refractivity contribution in [2.24, 2.45) is 5.41 Å². The van der Waals surface area contributed by atoms with Crippen LogP contribution in [0.4, 0.5) is 0 Å². The monoisotopic (exact) mass is 440 g/mol. The quantitative estimate of drug-likeness (QED) is 0.0987. The number of Topliss-reactive ketones (excluding diaryl/α,β-unsaturated/α-hetero) is 3. The van der Waals surface area contributed by atoms with Gasteiger partial charge in [-0.1, -0.05) is 97.8 Å². The fourth-order valence-electron chi connectivity index (χ4n) is 4.12. The van der Waals surface area contributed by atoms with E-state index in [0.29, 0.717) is 19.3 Å². The van der Waals surface area contributed by atoms with Crippen molar-refractivity contribution in [3.63, 3.8) is 0 Å². The zero-order valence-electron chi connectivity index (χ0n) is 20.2. The van der Waals surface area contributed by atoms with E-state index in [2.05, 4.69) is 30.0 Å². The van der Waals surface area contributed by atoms with E-state index < -0.39 is 5.41 Å². The van der Waals surface area contributed by atoms with Crippen LogP contribution in [0.1, 0.15) is 136 Å². The number of ketones is 3. The van der Waals surface area contributed by atoms with Gasteiger partial charge in [0.15, 0.2) is 17.3 Å². The fraction of sp³-hybridized carbons (Fsp3) is 0.885. The molecule has 1 atom stereocenters. The lowest BCUT2D eigenvalue weighted by Crippen LogP contribution is -2.48. The van der Waals surface area contributed by atoms with Gasteiger partial charge in [0.25, 0.3) is 0 Å². The second kappa shape index (κ2) is 19.1. The lowest BCUT2D eigenvalue weighted by molar-refractivity contribution is -0.147. The SMILES string of the molecule is CCCCCCCC(=O)C(CP)(C(=O)CCCCCCC)C(=O)CCCCCCC. The second-order valence-electron chi connectivity index (χ2n) is 8.87. The van der Waals surface area contributed by atoms with E-state index in [1.54, 1.807) is 0 Å². The number of rotatable bonds is 22. The standard InChI is InChI=1S/C26H49O3P/c1-4-7-10-13-16-19-23(27)26(22-30,24(28)20-17-14-11-8-5-2)25(29)21-18-15-12-9-6-3/h4-22,30H2,1-3H3. The molecule has 30 heavy (non-hydrogen) atoms. The molecule has 0 saturated heterocycles. The van der Waals surface area contributed by atoms with Gasteiger partial charge in [-0.2, -0.15) is 0 Å². The number of hydrogen-bond acceptors (Lipinski definition) is 3. The minimum Gasteiger partial charge on any atom is -0.298 e. The molecule has 3 nitrogen and oxygen atoms in total. The van der Waals surface area contributed by atoms with Crippen LogP contribution in [0.3, 0.4) is 0 Å². The van der Waals surface area contributed by atoms with E-state index >= 15 is 0 Å². The third-order valence-corrected chi connectivity index (χ3v) is 6.87. The highest BCUT2D eigenvalue weighted by molar-refractivity contribution is 7.17. The summed E-state index contributed by atoms with van der Waals surface area (Å²) in [7, 11) is 2.55. The summed E-state index contributed by atoms with van der Waals surface area (Å²) in [6, 6.07) is 0. The molecule has 0 heterocycles. The van der Waals surface area contributed by atoms with Gasteiger partial charge in [0.05, 0.1) is 0 Å². The summed E-state index contributed by atoms with van der Waals surface area (Å²) in [6.07, 6.45) is 17.1. The van der Waals surface area contributed by atoms with E-state index in [1.165, 1.54) is 19.3 Å². The molecule has 0 aliphatic rings. The van der Waals surface area contributed by atoms with Crippen LogP contribution in [0.15, 0.2) is 0 Å². The van der Waals surface area contributed by atoms with E-state index in [9.17, 15) is 14.4 Å². The largest absolute Gasteiger partial charge is 0.298 e. The van der Waals surface area contributed by atoms with Gasteiger partial charge < -0.3 is 0 Å². The van der Waals surface area contributed by atoms with Crippen molar-refractivity contribution >= 4 is 26.6 Å². The molecular formula is C26H49O3P. The number of unbranched alkanes of at least 4 members (excludes halogenated alkanes) is 12. The first kappa shape index (κ1) is 29.4. The topological polar surface area (TPSA) is 51.2 Å². The van der Waals surface area contributed by atoms with Gasteiger partial charge in [0.2, 0.25) is 0 Å². The summed E-state index contributed by atoms with van der Waals surface area (Å²) in [5.74, 6) is -0.358. The van der Waals surface area contributed by atoms with Crippen LogP contribution in [0.25, 0.3) is 0 Å². The van der Waals surface area contributed by atoms with Crippen molar-refractivity contribution in [3.8, 4) is 0 Å². The van der Waals surface area contributed by atoms with E-state index in [4.69, 9.17) is 0 Å². The highest BCUT2D eigenvalue weighted by Gasteiger charge is 2.48. The Morgan fingerprint density at radius 1 is 0.500 bits per heavy atom. The summed E-state index contributed by atoms with van der Waals surface area (Å²) >= 11 is 0. The summed E-state index contributed by atoms with van der Waals surface area (Å²) < 4.78 is 0. The Morgan fingerprint density at radius 3 is 1.00 bits per heavy atom. The summed E-state index contributed by atoms with van der Waals surface area (Å²) in [6.45, 7) is 6.51. The molecule has 1 unspecified atom stereocenters. The van der Waals surface area contributed by atoms with Gasteiger partial charge in [-0.3, -0.25) is 14.4 Å². The van der Waals surface area contributed by atoms with Gasteiger partial charge in [0, 0.05) is 19.3 Å². The van der Waals surface area contributed by atoms with Crippen LogP contribution in [0, 0.1) is 5.41 Å². The lowest BCUT2D eigenvalue weighted by atomic mass is 9.72. The van der Waals surface area contributed by atoms with Crippen molar-refractivity contribution in [1.29, 1.82) is 0 Å². The smallest absolute Gasteiger partial charge is 0.154 e. The molecule has 0 aromatic carbocycles. The zero-order chi connectivity index (χ0) is 22.7. The van der Waals surface area contributed by atoms with Gasteiger partial charge >= 0.3 is 0 Å². The summed E-state index contributed by atoms with van der Waals surface area (Å²) in [5.41, 5.74) is -1.40. The normalized spacial score (nSPS) is 11.6. The van der Waals surface area contributed by atoms with E-state index in [-0.39, 0.29) is 23.5 Å². The predicted molar refractivity (Wildman–Crippen MR) is 132 cm³/mol. The van der Waals surface area contributed by atoms with Crippen molar-refractivity contribution in [2.45, 2.75) is 136 Å². The van der Waals surface area contributed by atoms with Gasteiger partial charge in [-0.05, 0) is 25.4 Å². The molecule has 0 saturated carbocycles. The molecule has 0 aromatic rings. The molecule has 0 amide bonds. The highest BCUT2D eigenvalue weighted by atomic mass is 31.0. The van der Waals surface area contributed by atoms with Crippen LogP contribution < -0.4 is 0 Å². The van der Waals surface area contributed by atoms with Crippen LogP contribution >= 0.6 is 9.24 Å².